The maximum Gasteiger partial charge on any atom is 0.246 e. The molecule has 2 N–H and O–H groups in total. The second-order valence-electron chi connectivity index (χ2n) is 5.02. The van der Waals surface area contributed by atoms with Crippen molar-refractivity contribution < 1.29 is 14.7 Å². The standard InChI is InChI=1S/C11H18N2O3/c1-6(2)5-7-11(16)13-4-3-8(14)9(13)10(15)12-7/h6-9,14H,3-5H2,1-2H3,(H,12,15)/t7-,8?,9-/m0/s1. The molecule has 0 bridgehead atoms. The van der Waals surface area contributed by atoms with E-state index in [-0.39, 0.29) is 11.8 Å². The van der Waals surface area contributed by atoms with Gasteiger partial charge in [0.05, 0.1) is 6.10 Å². The fourth-order valence-corrected chi connectivity index (χ4v) is 2.49. The van der Waals surface area contributed by atoms with Crippen LogP contribution in [0.15, 0.2) is 0 Å². The summed E-state index contributed by atoms with van der Waals surface area (Å²) in [6.07, 6.45) is 0.450. The molecule has 0 spiro atoms. The fraction of sp³-hybridized carbons (Fsp3) is 0.818. The molecule has 0 aromatic rings. The largest absolute Gasteiger partial charge is 0.390 e. The third kappa shape index (κ3) is 1.80. The van der Waals surface area contributed by atoms with Crippen molar-refractivity contribution in [3.8, 4) is 0 Å². The molecule has 16 heavy (non-hydrogen) atoms. The second-order valence-corrected chi connectivity index (χ2v) is 5.02. The van der Waals surface area contributed by atoms with Gasteiger partial charge in [0.25, 0.3) is 0 Å². The first kappa shape index (κ1) is 11.4. The van der Waals surface area contributed by atoms with E-state index in [1.165, 1.54) is 4.90 Å². The average molecular weight is 226 g/mol. The Morgan fingerprint density at radius 2 is 2.19 bits per heavy atom. The number of fused-ring (bicyclic) bond motifs is 1. The first-order chi connectivity index (χ1) is 7.50. The molecule has 0 aliphatic carbocycles. The molecule has 90 valence electrons. The predicted molar refractivity (Wildman–Crippen MR) is 57.5 cm³/mol. The lowest BCUT2D eigenvalue weighted by Crippen LogP contribution is -2.63. The van der Waals surface area contributed by atoms with Crippen molar-refractivity contribution in [2.75, 3.05) is 6.54 Å². The van der Waals surface area contributed by atoms with E-state index < -0.39 is 18.2 Å². The summed E-state index contributed by atoms with van der Waals surface area (Å²) in [6.45, 7) is 4.53. The maximum absolute atomic E-state index is 12.0. The Balaban J connectivity index is 2.13. The van der Waals surface area contributed by atoms with E-state index in [0.29, 0.717) is 25.3 Å². The first-order valence-electron chi connectivity index (χ1n) is 5.79. The van der Waals surface area contributed by atoms with Crippen LogP contribution in [0.25, 0.3) is 0 Å². The number of nitrogens with one attached hydrogen (secondary N) is 1. The number of nitrogens with zero attached hydrogens (tertiary/aromatic N) is 1. The summed E-state index contributed by atoms with van der Waals surface area (Å²) in [5.74, 6) is 0.100. The van der Waals surface area contributed by atoms with Gasteiger partial charge in [-0.1, -0.05) is 13.8 Å². The molecule has 2 aliphatic heterocycles. The molecule has 5 heteroatoms. The van der Waals surface area contributed by atoms with E-state index in [2.05, 4.69) is 5.32 Å². The topological polar surface area (TPSA) is 69.6 Å². The van der Waals surface area contributed by atoms with Crippen molar-refractivity contribution in [1.82, 2.24) is 10.2 Å². The zero-order chi connectivity index (χ0) is 11.9. The van der Waals surface area contributed by atoms with Crippen LogP contribution in [0.5, 0.6) is 0 Å². The van der Waals surface area contributed by atoms with Crippen LogP contribution in [0.4, 0.5) is 0 Å². The van der Waals surface area contributed by atoms with Gasteiger partial charge in [-0.05, 0) is 18.8 Å². The van der Waals surface area contributed by atoms with Crippen LogP contribution in [0.3, 0.4) is 0 Å². The maximum atomic E-state index is 12.0. The third-order valence-corrected chi connectivity index (χ3v) is 3.24. The lowest BCUT2D eigenvalue weighted by atomic mass is 9.99. The number of carbonyl (C=O) groups excluding carboxylic acids is 2. The highest BCUT2D eigenvalue weighted by Crippen LogP contribution is 2.24. The zero-order valence-electron chi connectivity index (χ0n) is 9.64. The van der Waals surface area contributed by atoms with Gasteiger partial charge in [-0.15, -0.1) is 0 Å². The Labute approximate surface area is 94.8 Å². The Morgan fingerprint density at radius 3 is 2.81 bits per heavy atom. The smallest absolute Gasteiger partial charge is 0.246 e. The van der Waals surface area contributed by atoms with Gasteiger partial charge in [0.1, 0.15) is 12.1 Å². The van der Waals surface area contributed by atoms with Crippen molar-refractivity contribution in [2.24, 2.45) is 5.92 Å². The number of piperazine rings is 1. The first-order valence-corrected chi connectivity index (χ1v) is 5.79. The van der Waals surface area contributed by atoms with Gasteiger partial charge in [0.2, 0.25) is 11.8 Å². The molecule has 2 heterocycles. The van der Waals surface area contributed by atoms with Crippen LogP contribution in [0, 0.1) is 5.92 Å². The normalized spacial score (nSPS) is 34.2. The quantitative estimate of drug-likeness (QED) is 0.666. The van der Waals surface area contributed by atoms with Crippen LogP contribution in [-0.2, 0) is 9.59 Å². The molecule has 3 atom stereocenters. The number of aliphatic hydroxyl groups excluding tert-OH is 1. The summed E-state index contributed by atoms with van der Waals surface area (Å²) < 4.78 is 0. The molecule has 2 amide bonds. The molecular weight excluding hydrogens is 208 g/mol. The van der Waals surface area contributed by atoms with E-state index in [4.69, 9.17) is 0 Å². The number of carbonyl (C=O) groups is 2. The van der Waals surface area contributed by atoms with E-state index in [1.807, 2.05) is 13.8 Å². The Morgan fingerprint density at radius 1 is 1.50 bits per heavy atom. The molecular formula is C11H18N2O3. The van der Waals surface area contributed by atoms with Crippen LogP contribution >= 0.6 is 0 Å². The number of rotatable bonds is 2. The van der Waals surface area contributed by atoms with E-state index in [9.17, 15) is 14.7 Å². The lowest BCUT2D eigenvalue weighted by molar-refractivity contribution is -0.149. The lowest BCUT2D eigenvalue weighted by Gasteiger charge is -2.35. The van der Waals surface area contributed by atoms with Gasteiger partial charge in [-0.2, -0.15) is 0 Å². The van der Waals surface area contributed by atoms with Gasteiger partial charge in [0.15, 0.2) is 0 Å². The van der Waals surface area contributed by atoms with E-state index >= 15 is 0 Å². The third-order valence-electron chi connectivity index (χ3n) is 3.24. The molecule has 1 unspecified atom stereocenters. The predicted octanol–water partition coefficient (Wildman–Crippen LogP) is -0.507. The van der Waals surface area contributed by atoms with Crippen LogP contribution in [-0.4, -0.2) is 46.6 Å². The Hall–Kier alpha value is -1.10. The van der Waals surface area contributed by atoms with Crippen LogP contribution in [0.2, 0.25) is 0 Å². The summed E-state index contributed by atoms with van der Waals surface area (Å²) in [5.41, 5.74) is 0. The highest BCUT2D eigenvalue weighted by molar-refractivity contribution is 5.97. The Kier molecular flexibility index (Phi) is 2.88. The summed E-state index contributed by atoms with van der Waals surface area (Å²) in [4.78, 5) is 25.3. The molecule has 2 rings (SSSR count). The van der Waals surface area contributed by atoms with E-state index in [1.54, 1.807) is 0 Å². The molecule has 0 saturated carbocycles. The zero-order valence-corrected chi connectivity index (χ0v) is 9.64. The number of hydrogen-bond donors (Lipinski definition) is 2. The van der Waals surface area contributed by atoms with Crippen LogP contribution < -0.4 is 5.32 Å². The molecule has 5 nitrogen and oxygen atoms in total. The SMILES string of the molecule is CC(C)C[C@@H]1NC(=O)[C@@H]2C(O)CCN2C1=O. The highest BCUT2D eigenvalue weighted by atomic mass is 16.3. The number of hydrogen-bond acceptors (Lipinski definition) is 3. The van der Waals surface area contributed by atoms with Crippen molar-refractivity contribution in [2.45, 2.75) is 44.9 Å². The summed E-state index contributed by atoms with van der Waals surface area (Å²) >= 11 is 0. The molecule has 0 radical (unpaired) electrons. The van der Waals surface area contributed by atoms with E-state index in [0.717, 1.165) is 0 Å². The fourth-order valence-electron chi connectivity index (χ4n) is 2.49. The summed E-state index contributed by atoms with van der Waals surface area (Å²) in [7, 11) is 0. The second kappa shape index (κ2) is 4.05. The molecule has 0 aromatic carbocycles. The Bertz CT molecular complexity index is 316. The minimum absolute atomic E-state index is 0.0464. The number of amides is 2. The van der Waals surface area contributed by atoms with Gasteiger partial charge >= 0.3 is 0 Å². The molecule has 2 aliphatic rings. The average Bonchev–Trinajstić information content (AvgIpc) is 2.56. The molecule has 2 saturated heterocycles. The van der Waals surface area contributed by atoms with Gasteiger partial charge in [0, 0.05) is 6.54 Å². The van der Waals surface area contributed by atoms with Gasteiger partial charge in [-0.25, -0.2) is 0 Å². The van der Waals surface area contributed by atoms with Gasteiger partial charge in [-0.3, -0.25) is 9.59 Å². The highest BCUT2D eigenvalue weighted by Gasteiger charge is 2.47. The number of aliphatic hydroxyl groups is 1. The summed E-state index contributed by atoms with van der Waals surface area (Å²) in [5, 5.41) is 12.3. The van der Waals surface area contributed by atoms with Crippen molar-refractivity contribution in [1.29, 1.82) is 0 Å². The van der Waals surface area contributed by atoms with Gasteiger partial charge < -0.3 is 15.3 Å². The van der Waals surface area contributed by atoms with Crippen molar-refractivity contribution >= 4 is 11.8 Å². The minimum Gasteiger partial charge on any atom is -0.390 e. The summed E-state index contributed by atoms with van der Waals surface area (Å²) in [6, 6.07) is -1.06. The van der Waals surface area contributed by atoms with Crippen molar-refractivity contribution in [3.63, 3.8) is 0 Å². The monoisotopic (exact) mass is 226 g/mol. The van der Waals surface area contributed by atoms with Crippen molar-refractivity contribution in [3.05, 3.63) is 0 Å². The molecule has 2 fully saturated rings. The molecule has 0 aromatic heterocycles. The minimum atomic E-state index is -0.705. The van der Waals surface area contributed by atoms with Crippen LogP contribution in [0.1, 0.15) is 26.7 Å².